The average Bonchev–Trinajstić information content (AvgIpc) is 2.87. The monoisotopic (exact) mass is 594 g/mol. The summed E-state index contributed by atoms with van der Waals surface area (Å²) in [5.41, 5.74) is 0. The van der Waals surface area contributed by atoms with Crippen LogP contribution < -0.4 is 31.9 Å². The Labute approximate surface area is 242 Å². The molecule has 0 atom stereocenters. The van der Waals surface area contributed by atoms with Gasteiger partial charge < -0.3 is 31.9 Å². The van der Waals surface area contributed by atoms with Gasteiger partial charge in [0.15, 0.2) is 0 Å². The molecule has 0 unspecified atom stereocenters. The number of hydrogen-bond acceptors (Lipinski definition) is 14. The molecule has 0 saturated carbocycles. The van der Waals surface area contributed by atoms with Gasteiger partial charge in [-0.3, -0.25) is 9.11 Å². The van der Waals surface area contributed by atoms with Crippen LogP contribution in [0.25, 0.3) is 0 Å². The lowest BCUT2D eigenvalue weighted by Gasteiger charge is -2.11. The van der Waals surface area contributed by atoms with Crippen LogP contribution in [0.15, 0.2) is 0 Å². The lowest BCUT2D eigenvalue weighted by atomic mass is 10.4. The second-order valence-electron chi connectivity index (χ2n) is 8.63. The summed E-state index contributed by atoms with van der Waals surface area (Å²) in [6, 6.07) is 0.513. The van der Waals surface area contributed by atoms with Crippen molar-refractivity contribution < 1.29 is 17.5 Å². The minimum absolute atomic E-state index is 0.256. The summed E-state index contributed by atoms with van der Waals surface area (Å²) >= 11 is 0. The van der Waals surface area contributed by atoms with Gasteiger partial charge in [-0.1, -0.05) is 25.7 Å². The zero-order valence-electron chi connectivity index (χ0n) is 24.4. The Morgan fingerprint density at radius 3 is 1.15 bits per heavy atom. The fourth-order valence-corrected chi connectivity index (χ4v) is 2.45. The van der Waals surface area contributed by atoms with E-state index in [1.54, 1.807) is 0 Å². The van der Waals surface area contributed by atoms with Gasteiger partial charge in [0.25, 0.3) is 0 Å². The molecule has 2 aromatic rings. The van der Waals surface area contributed by atoms with E-state index in [9.17, 15) is 0 Å². The normalized spacial score (nSPS) is 10.1. The van der Waals surface area contributed by atoms with Gasteiger partial charge in [-0.2, -0.15) is 38.3 Å². The third kappa shape index (κ3) is 21.3. The molecular weight excluding hydrogens is 552 g/mol. The molecule has 2 rings (SSSR count). The molecule has 0 spiro atoms. The Morgan fingerprint density at radius 1 is 0.634 bits per heavy atom. The molecule has 0 radical (unpaired) electrons. The molecule has 0 aliphatic carbocycles. The smallest absolute Gasteiger partial charge is 0.354 e. The first-order chi connectivity index (χ1) is 19.3. The number of nitrogens with zero attached hydrogens (tertiary/aromatic N) is 6. The maximum atomic E-state index is 8.74. The fraction of sp³-hybridized carbons (Fsp3) is 0.583. The van der Waals surface area contributed by atoms with Crippen LogP contribution in [-0.2, 0) is 10.4 Å². The molecule has 228 valence electrons. The summed E-state index contributed by atoms with van der Waals surface area (Å²) in [5.74, 6) is 8.11. The number of hydrogen-bond donors (Lipinski definition) is 8. The molecule has 0 amide bonds. The predicted octanol–water partition coefficient (Wildman–Crippen LogP) is 2.47. The Kier molecular flexibility index (Phi) is 18.6. The number of nitrogens with one attached hydrogen (secondary N) is 6. The maximum Gasteiger partial charge on any atom is 0.394 e. The van der Waals surface area contributed by atoms with E-state index < -0.39 is 10.4 Å². The minimum atomic E-state index is -4.67. The van der Waals surface area contributed by atoms with E-state index in [1.807, 2.05) is 27.7 Å². The lowest BCUT2D eigenvalue weighted by Crippen LogP contribution is -2.16. The molecule has 41 heavy (non-hydrogen) atoms. The second kappa shape index (κ2) is 20.7. The van der Waals surface area contributed by atoms with E-state index in [-0.39, 0.29) is 12.1 Å². The van der Waals surface area contributed by atoms with Crippen molar-refractivity contribution in [1.82, 2.24) is 29.9 Å². The van der Waals surface area contributed by atoms with E-state index in [4.69, 9.17) is 30.4 Å². The summed E-state index contributed by atoms with van der Waals surface area (Å²) in [6.07, 6.45) is 12.4. The highest BCUT2D eigenvalue weighted by Crippen LogP contribution is 2.11. The van der Waals surface area contributed by atoms with Crippen molar-refractivity contribution in [3.8, 4) is 24.7 Å². The van der Waals surface area contributed by atoms with E-state index in [1.165, 1.54) is 0 Å². The van der Waals surface area contributed by atoms with Crippen LogP contribution in [0.2, 0.25) is 0 Å². The number of terminal acetylenes is 2. The highest BCUT2D eigenvalue weighted by molar-refractivity contribution is 7.79. The average molecular weight is 595 g/mol. The van der Waals surface area contributed by atoms with Gasteiger partial charge in [0.05, 0.1) is 13.1 Å². The first-order valence-corrected chi connectivity index (χ1v) is 14.3. The molecule has 0 aromatic carbocycles. The first kappa shape index (κ1) is 36.8. The number of aromatic nitrogens is 6. The molecule has 17 heteroatoms. The van der Waals surface area contributed by atoms with E-state index >= 15 is 0 Å². The van der Waals surface area contributed by atoms with Crippen LogP contribution >= 0.6 is 0 Å². The Bertz CT molecular complexity index is 1130. The molecule has 2 heterocycles. The first-order valence-electron chi connectivity index (χ1n) is 12.9. The van der Waals surface area contributed by atoms with Gasteiger partial charge in [0, 0.05) is 25.2 Å². The van der Waals surface area contributed by atoms with Gasteiger partial charge in [0.1, 0.15) is 0 Å². The lowest BCUT2D eigenvalue weighted by molar-refractivity contribution is 0.381. The second-order valence-corrected chi connectivity index (χ2v) is 9.52. The molecule has 0 aliphatic heterocycles. The largest absolute Gasteiger partial charge is 0.394 e. The summed E-state index contributed by atoms with van der Waals surface area (Å²) in [6.45, 7) is 14.7. The van der Waals surface area contributed by atoms with E-state index in [0.29, 0.717) is 48.8 Å². The summed E-state index contributed by atoms with van der Waals surface area (Å²) in [7, 11) is -4.67. The summed E-state index contributed by atoms with van der Waals surface area (Å²) in [5, 5.41) is 18.4. The third-order valence-electron chi connectivity index (χ3n) is 3.87. The molecule has 16 nitrogen and oxygen atoms in total. The molecule has 0 bridgehead atoms. The molecule has 0 saturated heterocycles. The highest BCUT2D eigenvalue weighted by Gasteiger charge is 2.07. The predicted molar refractivity (Wildman–Crippen MR) is 164 cm³/mol. The Balaban J connectivity index is 0.000000671. The van der Waals surface area contributed by atoms with Crippen molar-refractivity contribution in [2.45, 2.75) is 66.5 Å². The van der Waals surface area contributed by atoms with E-state index in [0.717, 1.165) is 25.9 Å². The summed E-state index contributed by atoms with van der Waals surface area (Å²) < 4.78 is 31.6. The van der Waals surface area contributed by atoms with Crippen LogP contribution in [0.5, 0.6) is 0 Å². The van der Waals surface area contributed by atoms with Crippen molar-refractivity contribution in [3.63, 3.8) is 0 Å². The zero-order valence-corrected chi connectivity index (χ0v) is 25.2. The van der Waals surface area contributed by atoms with Crippen molar-refractivity contribution >= 4 is 46.1 Å². The third-order valence-corrected chi connectivity index (χ3v) is 3.87. The summed E-state index contributed by atoms with van der Waals surface area (Å²) in [4.78, 5) is 25.5. The van der Waals surface area contributed by atoms with Crippen LogP contribution in [0.3, 0.4) is 0 Å². The van der Waals surface area contributed by atoms with E-state index in [2.05, 4.69) is 87.5 Å². The zero-order chi connectivity index (χ0) is 31.3. The maximum absolute atomic E-state index is 8.74. The molecular formula is C24H42N12O4S. The van der Waals surface area contributed by atoms with Crippen LogP contribution in [0.4, 0.5) is 35.7 Å². The Hall–Kier alpha value is -4.19. The quantitative estimate of drug-likeness (QED) is 0.116. The topological polar surface area (TPSA) is 224 Å². The standard InChI is InChI=1S/2C12H20N6.H2O4S/c2*1-5-7-13-10-16-11(14-8-6-2)18-12(17-10)15-9(3)4;1-5(2,3)4/h2*1,9H,6-8H2,2-4H3,(H3,13,14,15,16,17,18);(H2,1,2,3,4). The molecule has 2 aromatic heterocycles. The SMILES string of the molecule is C#CCNc1nc(NCCC)nc(NC(C)C)n1.C#CCNc1nc(NCCC)nc(NC(C)C)n1.O=S(=O)(O)O. The molecule has 0 aliphatic rings. The number of anilines is 6. The minimum Gasteiger partial charge on any atom is -0.354 e. The van der Waals surface area contributed by atoms with Crippen LogP contribution in [-0.4, -0.2) is 85.7 Å². The van der Waals surface area contributed by atoms with Crippen LogP contribution in [0, 0.1) is 24.7 Å². The van der Waals surface area contributed by atoms with Gasteiger partial charge in [-0.05, 0) is 40.5 Å². The van der Waals surface area contributed by atoms with Crippen molar-refractivity contribution in [2.24, 2.45) is 0 Å². The van der Waals surface area contributed by atoms with Crippen LogP contribution in [0.1, 0.15) is 54.4 Å². The number of rotatable bonds is 14. The van der Waals surface area contributed by atoms with Crippen molar-refractivity contribution in [3.05, 3.63) is 0 Å². The Morgan fingerprint density at radius 2 is 0.902 bits per heavy atom. The van der Waals surface area contributed by atoms with Gasteiger partial charge >= 0.3 is 10.4 Å². The fourth-order valence-electron chi connectivity index (χ4n) is 2.45. The van der Waals surface area contributed by atoms with Gasteiger partial charge in [-0.25, -0.2) is 0 Å². The highest BCUT2D eigenvalue weighted by atomic mass is 32.3. The molecule has 0 fully saturated rings. The van der Waals surface area contributed by atoms with Crippen molar-refractivity contribution in [1.29, 1.82) is 0 Å². The van der Waals surface area contributed by atoms with Gasteiger partial charge in [-0.15, -0.1) is 12.8 Å². The van der Waals surface area contributed by atoms with Gasteiger partial charge in [0.2, 0.25) is 35.7 Å². The van der Waals surface area contributed by atoms with Crippen molar-refractivity contribution in [2.75, 3.05) is 58.1 Å². The molecule has 8 N–H and O–H groups in total.